The first kappa shape index (κ1) is 10.3. The molecule has 0 spiro atoms. The van der Waals surface area contributed by atoms with Gasteiger partial charge in [-0.2, -0.15) is 0 Å². The normalized spacial score (nSPS) is 12.5. The highest BCUT2D eigenvalue weighted by Crippen LogP contribution is 2.19. The highest BCUT2D eigenvalue weighted by Gasteiger charge is 2.01. The zero-order valence-corrected chi connectivity index (χ0v) is 8.25. The fourth-order valence-corrected chi connectivity index (χ4v) is 1.05. The average Bonchev–Trinajstić information content (AvgIpc) is 2.16. The molecule has 1 aromatic heterocycles. The van der Waals surface area contributed by atoms with Gasteiger partial charge in [0, 0.05) is 25.5 Å². The first-order valence-corrected chi connectivity index (χ1v) is 4.56. The van der Waals surface area contributed by atoms with E-state index in [1.807, 2.05) is 13.0 Å². The van der Waals surface area contributed by atoms with E-state index in [1.54, 1.807) is 12.4 Å². The molecule has 0 saturated carbocycles. The lowest BCUT2D eigenvalue weighted by Crippen LogP contribution is -2.14. The van der Waals surface area contributed by atoms with Crippen molar-refractivity contribution in [2.24, 2.45) is 5.92 Å². The number of nitrogens with one attached hydrogen (secondary N) is 1. The number of hydrogen-bond donors (Lipinski definition) is 2. The van der Waals surface area contributed by atoms with Gasteiger partial charge in [0.15, 0.2) is 0 Å². The molecule has 1 rings (SSSR count). The van der Waals surface area contributed by atoms with Gasteiger partial charge in [-0.15, -0.1) is 0 Å². The van der Waals surface area contributed by atoms with E-state index in [0.717, 1.165) is 5.69 Å². The highest BCUT2D eigenvalue weighted by molar-refractivity contribution is 6.33. The zero-order chi connectivity index (χ0) is 9.68. The number of hydrogen-bond acceptors (Lipinski definition) is 3. The Kier molecular flexibility index (Phi) is 3.99. The number of pyridine rings is 1. The van der Waals surface area contributed by atoms with Gasteiger partial charge in [0.1, 0.15) is 0 Å². The number of aliphatic hydroxyl groups excluding tert-OH is 1. The maximum absolute atomic E-state index is 8.80. The van der Waals surface area contributed by atoms with Gasteiger partial charge in [-0.1, -0.05) is 18.5 Å². The minimum Gasteiger partial charge on any atom is -0.396 e. The Bertz CT molecular complexity index is 268. The van der Waals surface area contributed by atoms with Crippen molar-refractivity contribution >= 4 is 17.3 Å². The second-order valence-electron chi connectivity index (χ2n) is 3.02. The van der Waals surface area contributed by atoms with Gasteiger partial charge < -0.3 is 10.4 Å². The van der Waals surface area contributed by atoms with Crippen molar-refractivity contribution in [3.05, 3.63) is 23.5 Å². The Hall–Kier alpha value is -0.800. The van der Waals surface area contributed by atoms with E-state index >= 15 is 0 Å². The van der Waals surface area contributed by atoms with Crippen molar-refractivity contribution in [3.63, 3.8) is 0 Å². The fourth-order valence-electron chi connectivity index (χ4n) is 0.867. The summed E-state index contributed by atoms with van der Waals surface area (Å²) in [6.45, 7) is 2.85. The van der Waals surface area contributed by atoms with Crippen molar-refractivity contribution in [3.8, 4) is 0 Å². The molecule has 0 aromatic carbocycles. The number of aromatic nitrogens is 1. The molecule has 0 amide bonds. The van der Waals surface area contributed by atoms with Crippen molar-refractivity contribution < 1.29 is 5.11 Å². The van der Waals surface area contributed by atoms with Crippen LogP contribution in [0.2, 0.25) is 5.02 Å². The number of aliphatic hydroxyl groups is 1. The summed E-state index contributed by atoms with van der Waals surface area (Å²) in [6, 6.07) is 1.81. The molecule has 0 saturated heterocycles. The molecule has 3 nitrogen and oxygen atoms in total. The van der Waals surface area contributed by atoms with Crippen LogP contribution in [0.4, 0.5) is 5.69 Å². The molecule has 0 aliphatic carbocycles. The standard InChI is InChI=1S/C9H13ClN2O/c1-7(6-13)4-12-9-2-3-11-5-8(9)10/h2-3,5,7,13H,4,6H2,1H3,(H,11,12). The van der Waals surface area contributed by atoms with Gasteiger partial charge >= 0.3 is 0 Å². The molecule has 13 heavy (non-hydrogen) atoms. The second kappa shape index (κ2) is 5.04. The fraction of sp³-hybridized carbons (Fsp3) is 0.444. The van der Waals surface area contributed by atoms with Gasteiger partial charge in [-0.25, -0.2) is 0 Å². The van der Waals surface area contributed by atoms with Crippen LogP contribution in [0.15, 0.2) is 18.5 Å². The molecule has 72 valence electrons. The van der Waals surface area contributed by atoms with Crippen LogP contribution in [0, 0.1) is 5.92 Å². The maximum atomic E-state index is 8.80. The molecular formula is C9H13ClN2O. The maximum Gasteiger partial charge on any atom is 0.0820 e. The molecule has 1 atom stereocenters. The molecule has 0 fully saturated rings. The first-order chi connectivity index (χ1) is 6.24. The Morgan fingerprint density at radius 2 is 2.46 bits per heavy atom. The Morgan fingerprint density at radius 3 is 3.08 bits per heavy atom. The van der Waals surface area contributed by atoms with Crippen LogP contribution < -0.4 is 5.32 Å². The van der Waals surface area contributed by atoms with Crippen LogP contribution in [0.1, 0.15) is 6.92 Å². The Balaban J connectivity index is 2.50. The van der Waals surface area contributed by atoms with Crippen molar-refractivity contribution in [2.75, 3.05) is 18.5 Å². The molecule has 4 heteroatoms. The van der Waals surface area contributed by atoms with Crippen molar-refractivity contribution in [2.45, 2.75) is 6.92 Å². The van der Waals surface area contributed by atoms with E-state index in [9.17, 15) is 0 Å². The van der Waals surface area contributed by atoms with Crippen LogP contribution >= 0.6 is 11.6 Å². The van der Waals surface area contributed by atoms with Crippen molar-refractivity contribution in [1.82, 2.24) is 4.98 Å². The van der Waals surface area contributed by atoms with E-state index in [0.29, 0.717) is 11.6 Å². The molecule has 0 bridgehead atoms. The summed E-state index contributed by atoms with van der Waals surface area (Å²) in [5.74, 6) is 0.226. The average molecular weight is 201 g/mol. The van der Waals surface area contributed by atoms with Gasteiger partial charge in [-0.3, -0.25) is 4.98 Å². The SMILES string of the molecule is CC(CO)CNc1ccncc1Cl. The summed E-state index contributed by atoms with van der Waals surface area (Å²) < 4.78 is 0. The molecule has 1 heterocycles. The minimum atomic E-state index is 0.176. The summed E-state index contributed by atoms with van der Waals surface area (Å²) in [7, 11) is 0. The van der Waals surface area contributed by atoms with Gasteiger partial charge in [-0.05, 0) is 12.0 Å². The lowest BCUT2D eigenvalue weighted by molar-refractivity contribution is 0.244. The lowest BCUT2D eigenvalue weighted by Gasteiger charge is -2.11. The van der Waals surface area contributed by atoms with E-state index in [-0.39, 0.29) is 12.5 Å². The number of halogens is 1. The third-order valence-electron chi connectivity index (χ3n) is 1.73. The number of anilines is 1. The predicted molar refractivity (Wildman–Crippen MR) is 54.0 cm³/mol. The van der Waals surface area contributed by atoms with Crippen LogP contribution in [0.5, 0.6) is 0 Å². The summed E-state index contributed by atoms with van der Waals surface area (Å²) in [6.07, 6.45) is 3.27. The van der Waals surface area contributed by atoms with E-state index in [1.165, 1.54) is 0 Å². The summed E-state index contributed by atoms with van der Waals surface area (Å²) in [5.41, 5.74) is 0.858. The molecule has 1 unspecified atom stereocenters. The van der Waals surface area contributed by atoms with Gasteiger partial charge in [0.25, 0.3) is 0 Å². The largest absolute Gasteiger partial charge is 0.396 e. The van der Waals surface area contributed by atoms with E-state index in [2.05, 4.69) is 10.3 Å². The molecule has 0 aliphatic heterocycles. The van der Waals surface area contributed by atoms with Crippen LogP contribution in [-0.2, 0) is 0 Å². The zero-order valence-electron chi connectivity index (χ0n) is 7.50. The van der Waals surface area contributed by atoms with Crippen LogP contribution in [0.25, 0.3) is 0 Å². The molecule has 1 aromatic rings. The highest BCUT2D eigenvalue weighted by atomic mass is 35.5. The van der Waals surface area contributed by atoms with Gasteiger partial charge in [0.05, 0.1) is 10.7 Å². The quantitative estimate of drug-likeness (QED) is 0.779. The Morgan fingerprint density at radius 1 is 1.69 bits per heavy atom. The summed E-state index contributed by atoms with van der Waals surface area (Å²) in [5, 5.41) is 12.5. The summed E-state index contributed by atoms with van der Waals surface area (Å²) in [4.78, 5) is 3.87. The van der Waals surface area contributed by atoms with Crippen LogP contribution in [-0.4, -0.2) is 23.2 Å². The number of rotatable bonds is 4. The first-order valence-electron chi connectivity index (χ1n) is 4.18. The molecular weight excluding hydrogens is 188 g/mol. The topological polar surface area (TPSA) is 45.1 Å². The number of nitrogens with zero attached hydrogens (tertiary/aromatic N) is 1. The van der Waals surface area contributed by atoms with Crippen LogP contribution in [0.3, 0.4) is 0 Å². The lowest BCUT2D eigenvalue weighted by atomic mass is 10.2. The van der Waals surface area contributed by atoms with E-state index in [4.69, 9.17) is 16.7 Å². The smallest absolute Gasteiger partial charge is 0.0820 e. The van der Waals surface area contributed by atoms with Gasteiger partial charge in [0.2, 0.25) is 0 Å². The Labute approximate surface area is 82.8 Å². The molecule has 2 N–H and O–H groups in total. The second-order valence-corrected chi connectivity index (χ2v) is 3.43. The third kappa shape index (κ3) is 3.20. The van der Waals surface area contributed by atoms with E-state index < -0.39 is 0 Å². The third-order valence-corrected chi connectivity index (χ3v) is 2.03. The van der Waals surface area contributed by atoms with Crippen molar-refractivity contribution in [1.29, 1.82) is 0 Å². The molecule has 0 radical (unpaired) electrons. The predicted octanol–water partition coefficient (Wildman–Crippen LogP) is 1.78. The summed E-state index contributed by atoms with van der Waals surface area (Å²) >= 11 is 5.86. The minimum absolute atomic E-state index is 0.176. The monoisotopic (exact) mass is 200 g/mol. The molecule has 0 aliphatic rings.